The summed E-state index contributed by atoms with van der Waals surface area (Å²) in [6.45, 7) is 8.15. The average molecular weight is 345 g/mol. The lowest BCUT2D eigenvalue weighted by Gasteiger charge is -2.37. The molecule has 7 nitrogen and oxygen atoms in total. The van der Waals surface area contributed by atoms with Gasteiger partial charge in [0, 0.05) is 50.0 Å². The number of piperazine rings is 1. The summed E-state index contributed by atoms with van der Waals surface area (Å²) in [5.41, 5.74) is 2.88. The molecule has 1 aromatic rings. The Morgan fingerprint density at radius 3 is 2.52 bits per heavy atom. The van der Waals surface area contributed by atoms with E-state index in [1.165, 1.54) is 0 Å². The van der Waals surface area contributed by atoms with Gasteiger partial charge in [-0.25, -0.2) is 4.79 Å². The van der Waals surface area contributed by atoms with Crippen LogP contribution in [0.4, 0.5) is 10.5 Å². The molecule has 2 heterocycles. The SMILES string of the molecule is CC(C)(C)OC(=O)N1CCN(c2ccnc3c2C=C(B(O)O)C3)CC1. The van der Waals surface area contributed by atoms with Crippen LogP contribution in [0.5, 0.6) is 0 Å². The molecule has 2 aliphatic rings. The van der Waals surface area contributed by atoms with Crippen LogP contribution >= 0.6 is 0 Å². The van der Waals surface area contributed by atoms with Crippen molar-refractivity contribution in [2.45, 2.75) is 32.8 Å². The van der Waals surface area contributed by atoms with E-state index < -0.39 is 12.7 Å². The number of carbonyl (C=O) groups is 1. The number of carbonyl (C=O) groups excluding carboxylic acids is 1. The van der Waals surface area contributed by atoms with E-state index in [1.54, 1.807) is 11.1 Å². The smallest absolute Gasteiger partial charge is 0.444 e. The van der Waals surface area contributed by atoms with E-state index in [4.69, 9.17) is 4.74 Å². The van der Waals surface area contributed by atoms with Gasteiger partial charge in [-0.15, -0.1) is 0 Å². The summed E-state index contributed by atoms with van der Waals surface area (Å²) in [5, 5.41) is 18.8. The fourth-order valence-corrected chi connectivity index (χ4v) is 3.13. The summed E-state index contributed by atoms with van der Waals surface area (Å²) in [6, 6.07) is 1.94. The Hall–Kier alpha value is -2.06. The van der Waals surface area contributed by atoms with E-state index in [0.717, 1.165) is 16.9 Å². The molecule has 8 heteroatoms. The Bertz CT molecular complexity index is 692. The highest BCUT2D eigenvalue weighted by atomic mass is 16.6. The van der Waals surface area contributed by atoms with Crippen molar-refractivity contribution >= 4 is 25.0 Å². The number of fused-ring (bicyclic) bond motifs is 1. The third-order valence-corrected chi connectivity index (χ3v) is 4.35. The molecule has 0 radical (unpaired) electrons. The summed E-state index contributed by atoms with van der Waals surface area (Å²) in [6.07, 6.45) is 3.73. The number of anilines is 1. The molecule has 1 aliphatic heterocycles. The minimum Gasteiger partial charge on any atom is -0.444 e. The number of hydrogen-bond acceptors (Lipinski definition) is 6. The fourth-order valence-electron chi connectivity index (χ4n) is 3.13. The number of amides is 1. The van der Waals surface area contributed by atoms with Crippen LogP contribution in [0.1, 0.15) is 32.0 Å². The summed E-state index contributed by atoms with van der Waals surface area (Å²) < 4.78 is 5.43. The topological polar surface area (TPSA) is 86.1 Å². The lowest BCUT2D eigenvalue weighted by Crippen LogP contribution is -2.50. The molecular formula is C17H24BN3O4. The van der Waals surface area contributed by atoms with Gasteiger partial charge in [-0.1, -0.05) is 6.08 Å². The summed E-state index contributed by atoms with van der Waals surface area (Å²) >= 11 is 0. The van der Waals surface area contributed by atoms with Crippen molar-refractivity contribution in [2.75, 3.05) is 31.1 Å². The highest BCUT2D eigenvalue weighted by Crippen LogP contribution is 2.32. The van der Waals surface area contributed by atoms with Crippen molar-refractivity contribution in [3.8, 4) is 0 Å². The molecule has 0 aromatic carbocycles. The van der Waals surface area contributed by atoms with Crippen molar-refractivity contribution in [2.24, 2.45) is 0 Å². The normalized spacial score (nSPS) is 17.2. The largest absolute Gasteiger partial charge is 0.484 e. The van der Waals surface area contributed by atoms with Crippen LogP contribution in [0.25, 0.3) is 6.08 Å². The maximum absolute atomic E-state index is 12.2. The van der Waals surface area contributed by atoms with E-state index in [9.17, 15) is 14.8 Å². The van der Waals surface area contributed by atoms with Crippen LogP contribution in [-0.4, -0.2) is 64.9 Å². The maximum atomic E-state index is 12.2. The molecule has 0 saturated carbocycles. The molecule has 1 saturated heterocycles. The third-order valence-electron chi connectivity index (χ3n) is 4.35. The van der Waals surface area contributed by atoms with Gasteiger partial charge in [0.1, 0.15) is 5.60 Å². The second-order valence-electron chi connectivity index (χ2n) is 7.41. The van der Waals surface area contributed by atoms with Crippen LogP contribution in [0.3, 0.4) is 0 Å². The van der Waals surface area contributed by atoms with E-state index in [-0.39, 0.29) is 6.09 Å². The summed E-state index contributed by atoms with van der Waals surface area (Å²) in [7, 11) is -1.45. The highest BCUT2D eigenvalue weighted by Gasteiger charge is 2.29. The van der Waals surface area contributed by atoms with Gasteiger partial charge < -0.3 is 24.6 Å². The van der Waals surface area contributed by atoms with Gasteiger partial charge in [0.25, 0.3) is 0 Å². The molecule has 1 aromatic heterocycles. The van der Waals surface area contributed by atoms with E-state index in [1.807, 2.05) is 32.9 Å². The van der Waals surface area contributed by atoms with Crippen LogP contribution in [-0.2, 0) is 11.2 Å². The van der Waals surface area contributed by atoms with Gasteiger partial charge in [-0.2, -0.15) is 0 Å². The first-order valence-corrected chi connectivity index (χ1v) is 8.52. The first-order chi connectivity index (χ1) is 11.7. The Labute approximate surface area is 148 Å². The number of rotatable bonds is 2. The van der Waals surface area contributed by atoms with Gasteiger partial charge >= 0.3 is 13.2 Å². The molecule has 0 bridgehead atoms. The van der Waals surface area contributed by atoms with Crippen LogP contribution in [0.2, 0.25) is 0 Å². The number of pyridine rings is 1. The number of nitrogens with zero attached hydrogens (tertiary/aromatic N) is 3. The minimum absolute atomic E-state index is 0.280. The standard InChI is InChI=1S/C17H24BN3O4/c1-17(2,3)25-16(22)21-8-6-20(7-9-21)15-4-5-19-14-11-12(18(23)24)10-13(14)15/h4-5,10,23-24H,6-9,11H2,1-3H3. The van der Waals surface area contributed by atoms with E-state index >= 15 is 0 Å². The zero-order valence-corrected chi connectivity index (χ0v) is 14.9. The zero-order chi connectivity index (χ0) is 18.2. The lowest BCUT2D eigenvalue weighted by molar-refractivity contribution is 0.0240. The van der Waals surface area contributed by atoms with Crippen LogP contribution in [0.15, 0.2) is 17.7 Å². The Morgan fingerprint density at radius 1 is 1.24 bits per heavy atom. The van der Waals surface area contributed by atoms with Crippen LogP contribution < -0.4 is 4.90 Å². The van der Waals surface area contributed by atoms with Crippen LogP contribution in [0, 0.1) is 0 Å². The van der Waals surface area contributed by atoms with E-state index in [2.05, 4.69) is 9.88 Å². The molecule has 25 heavy (non-hydrogen) atoms. The molecule has 0 atom stereocenters. The highest BCUT2D eigenvalue weighted by molar-refractivity contribution is 6.52. The van der Waals surface area contributed by atoms with Crippen molar-refractivity contribution in [3.63, 3.8) is 0 Å². The van der Waals surface area contributed by atoms with Crippen molar-refractivity contribution in [3.05, 3.63) is 29.0 Å². The van der Waals surface area contributed by atoms with Gasteiger partial charge in [-0.3, -0.25) is 4.98 Å². The Balaban J connectivity index is 1.69. The molecule has 1 amide bonds. The molecule has 3 rings (SSSR count). The molecule has 0 spiro atoms. The van der Waals surface area contributed by atoms with Gasteiger partial charge in [0.15, 0.2) is 0 Å². The van der Waals surface area contributed by atoms with Crippen molar-refractivity contribution in [1.29, 1.82) is 0 Å². The number of aromatic nitrogens is 1. The molecule has 1 fully saturated rings. The molecule has 2 N–H and O–H groups in total. The molecular weight excluding hydrogens is 321 g/mol. The van der Waals surface area contributed by atoms with Gasteiger partial charge in [-0.05, 0) is 32.3 Å². The number of allylic oxidation sites excluding steroid dienone is 1. The Kier molecular flexibility index (Phi) is 4.75. The molecule has 0 unspecified atom stereocenters. The monoisotopic (exact) mass is 345 g/mol. The second-order valence-corrected chi connectivity index (χ2v) is 7.41. The summed E-state index contributed by atoms with van der Waals surface area (Å²) in [5.74, 6) is 0. The zero-order valence-electron chi connectivity index (χ0n) is 14.9. The Morgan fingerprint density at radius 2 is 1.92 bits per heavy atom. The number of ether oxygens (including phenoxy) is 1. The minimum atomic E-state index is -1.45. The van der Waals surface area contributed by atoms with Crippen molar-refractivity contribution < 1.29 is 19.6 Å². The predicted octanol–water partition coefficient (Wildman–Crippen LogP) is 1.09. The number of hydrogen-bond donors (Lipinski definition) is 2. The lowest BCUT2D eigenvalue weighted by atomic mass is 9.79. The second kappa shape index (κ2) is 6.69. The molecule has 134 valence electrons. The quantitative estimate of drug-likeness (QED) is 0.781. The average Bonchev–Trinajstić information content (AvgIpc) is 2.98. The summed E-state index contributed by atoms with van der Waals surface area (Å²) in [4.78, 5) is 20.4. The predicted molar refractivity (Wildman–Crippen MR) is 96.1 cm³/mol. The first-order valence-electron chi connectivity index (χ1n) is 8.52. The fraction of sp³-hybridized carbons (Fsp3) is 0.529. The molecule has 1 aliphatic carbocycles. The third kappa shape index (κ3) is 3.96. The maximum Gasteiger partial charge on any atom is 0.484 e. The van der Waals surface area contributed by atoms with Gasteiger partial charge in [0.2, 0.25) is 0 Å². The first kappa shape index (κ1) is 17.8. The van der Waals surface area contributed by atoms with Gasteiger partial charge in [0.05, 0.1) is 5.69 Å². The van der Waals surface area contributed by atoms with E-state index in [0.29, 0.717) is 38.1 Å². The van der Waals surface area contributed by atoms with Crippen molar-refractivity contribution in [1.82, 2.24) is 9.88 Å².